The van der Waals surface area contributed by atoms with Crippen LogP contribution >= 0.6 is 0 Å². The molecule has 4 heteroatoms. The molecule has 3 aromatic rings. The molecule has 0 spiro atoms. The summed E-state index contributed by atoms with van der Waals surface area (Å²) >= 11 is 0. The standard InChI is InChI=1S/C22H23N3O/c1-4-16-9-5-7-11-19(16)25-14-13-17(15-25)21-23(2)20-12-8-6-10-18(20)22(26)24(21)3/h5-15,21H,4H2,1-3H3. The number of hydrogen-bond donors (Lipinski definition) is 0. The molecule has 1 aromatic heterocycles. The normalized spacial score (nSPS) is 16.7. The zero-order valence-corrected chi connectivity index (χ0v) is 15.4. The topological polar surface area (TPSA) is 28.5 Å². The summed E-state index contributed by atoms with van der Waals surface area (Å²) in [6.45, 7) is 2.17. The maximum atomic E-state index is 12.8. The van der Waals surface area contributed by atoms with Crippen LogP contribution in [0.1, 0.15) is 34.6 Å². The molecular formula is C22H23N3O. The Kier molecular flexibility index (Phi) is 4.03. The molecule has 132 valence electrons. The predicted molar refractivity (Wildman–Crippen MR) is 105 cm³/mol. The fraction of sp³-hybridized carbons (Fsp3) is 0.227. The Morgan fingerprint density at radius 3 is 2.35 bits per heavy atom. The first kappa shape index (κ1) is 16.5. The molecule has 0 saturated carbocycles. The fourth-order valence-corrected chi connectivity index (χ4v) is 3.88. The highest BCUT2D eigenvalue weighted by atomic mass is 16.2. The predicted octanol–water partition coefficient (Wildman–Crippen LogP) is 4.26. The fourth-order valence-electron chi connectivity index (χ4n) is 3.88. The molecule has 0 radical (unpaired) electrons. The van der Waals surface area contributed by atoms with Crippen molar-refractivity contribution < 1.29 is 4.79 Å². The Balaban J connectivity index is 1.75. The van der Waals surface area contributed by atoms with Crippen molar-refractivity contribution in [2.75, 3.05) is 19.0 Å². The Hall–Kier alpha value is -3.01. The van der Waals surface area contributed by atoms with Gasteiger partial charge in [-0.3, -0.25) is 4.79 Å². The minimum Gasteiger partial charge on any atom is -0.350 e. The molecule has 0 aliphatic carbocycles. The van der Waals surface area contributed by atoms with E-state index in [2.05, 4.69) is 59.1 Å². The van der Waals surface area contributed by atoms with Gasteiger partial charge in [-0.1, -0.05) is 37.3 Å². The molecule has 4 rings (SSSR count). The van der Waals surface area contributed by atoms with Crippen LogP contribution in [0, 0.1) is 0 Å². The quantitative estimate of drug-likeness (QED) is 0.709. The zero-order chi connectivity index (χ0) is 18.3. The van der Waals surface area contributed by atoms with Crippen molar-refractivity contribution >= 4 is 11.6 Å². The number of carbonyl (C=O) groups is 1. The van der Waals surface area contributed by atoms with Crippen LogP contribution in [0.4, 0.5) is 5.69 Å². The summed E-state index contributed by atoms with van der Waals surface area (Å²) in [5, 5.41) is 0. The van der Waals surface area contributed by atoms with Crippen molar-refractivity contribution in [3.63, 3.8) is 0 Å². The number of para-hydroxylation sites is 2. The summed E-state index contributed by atoms with van der Waals surface area (Å²) in [5.74, 6) is 0.0606. The SMILES string of the molecule is CCc1ccccc1-n1ccc(C2N(C)C(=O)c3ccccc3N2C)c1. The van der Waals surface area contributed by atoms with Gasteiger partial charge in [-0.05, 0) is 36.2 Å². The second-order valence-corrected chi connectivity index (χ2v) is 6.75. The van der Waals surface area contributed by atoms with Crippen LogP contribution in [0.5, 0.6) is 0 Å². The van der Waals surface area contributed by atoms with Crippen LogP contribution in [0.15, 0.2) is 67.0 Å². The highest BCUT2D eigenvalue weighted by Crippen LogP contribution is 2.37. The molecule has 4 nitrogen and oxygen atoms in total. The number of aryl methyl sites for hydroxylation is 1. The summed E-state index contributed by atoms with van der Waals surface area (Å²) in [4.78, 5) is 16.8. The number of aromatic nitrogens is 1. The number of rotatable bonds is 3. The first-order valence-corrected chi connectivity index (χ1v) is 8.97. The number of anilines is 1. The Bertz CT molecular complexity index is 959. The van der Waals surface area contributed by atoms with E-state index in [1.165, 1.54) is 11.3 Å². The lowest BCUT2D eigenvalue weighted by Crippen LogP contribution is -2.45. The lowest BCUT2D eigenvalue weighted by atomic mass is 10.0. The average Bonchev–Trinajstić information content (AvgIpc) is 3.16. The van der Waals surface area contributed by atoms with Gasteiger partial charge in [0.1, 0.15) is 6.17 Å². The monoisotopic (exact) mass is 345 g/mol. The van der Waals surface area contributed by atoms with Crippen LogP contribution in [-0.4, -0.2) is 29.5 Å². The number of carbonyl (C=O) groups excluding carboxylic acids is 1. The number of benzene rings is 2. The molecule has 1 amide bonds. The minimum absolute atomic E-state index is 0.0606. The summed E-state index contributed by atoms with van der Waals surface area (Å²) < 4.78 is 2.15. The summed E-state index contributed by atoms with van der Waals surface area (Å²) in [5.41, 5.74) is 5.33. The van der Waals surface area contributed by atoms with Crippen LogP contribution in [0.3, 0.4) is 0 Å². The molecule has 26 heavy (non-hydrogen) atoms. The van der Waals surface area contributed by atoms with Gasteiger partial charge in [0, 0.05) is 37.7 Å². The van der Waals surface area contributed by atoms with Gasteiger partial charge in [0.2, 0.25) is 0 Å². The minimum atomic E-state index is -0.118. The molecule has 1 unspecified atom stereocenters. The first-order valence-electron chi connectivity index (χ1n) is 8.97. The van der Waals surface area contributed by atoms with Crippen molar-refractivity contribution in [2.24, 2.45) is 0 Å². The van der Waals surface area contributed by atoms with Crippen LogP contribution < -0.4 is 4.90 Å². The third kappa shape index (κ3) is 2.49. The molecule has 2 aromatic carbocycles. The first-order chi connectivity index (χ1) is 12.6. The third-order valence-electron chi connectivity index (χ3n) is 5.23. The van der Waals surface area contributed by atoms with Gasteiger partial charge >= 0.3 is 0 Å². The van der Waals surface area contributed by atoms with Gasteiger partial charge in [-0.2, -0.15) is 0 Å². The number of hydrogen-bond acceptors (Lipinski definition) is 2. The van der Waals surface area contributed by atoms with Gasteiger partial charge < -0.3 is 14.4 Å². The van der Waals surface area contributed by atoms with Gasteiger partial charge in [0.15, 0.2) is 0 Å². The van der Waals surface area contributed by atoms with Crippen molar-refractivity contribution in [1.82, 2.24) is 9.47 Å². The van der Waals surface area contributed by atoms with Crippen LogP contribution in [-0.2, 0) is 6.42 Å². The Morgan fingerprint density at radius 2 is 1.58 bits per heavy atom. The maximum absolute atomic E-state index is 12.8. The highest BCUT2D eigenvalue weighted by Gasteiger charge is 2.34. The Labute approximate surface area is 154 Å². The largest absolute Gasteiger partial charge is 0.350 e. The van der Waals surface area contributed by atoms with E-state index in [0.717, 1.165) is 23.2 Å². The molecule has 0 N–H and O–H groups in total. The molecule has 0 saturated heterocycles. The number of amides is 1. The lowest BCUT2D eigenvalue weighted by molar-refractivity contribution is 0.0711. The molecule has 1 atom stereocenters. The Morgan fingerprint density at radius 1 is 0.885 bits per heavy atom. The van der Waals surface area contributed by atoms with Crippen molar-refractivity contribution in [1.29, 1.82) is 0 Å². The van der Waals surface area contributed by atoms with E-state index in [0.29, 0.717) is 0 Å². The van der Waals surface area contributed by atoms with E-state index < -0.39 is 0 Å². The highest BCUT2D eigenvalue weighted by molar-refractivity contribution is 6.01. The van der Waals surface area contributed by atoms with E-state index in [9.17, 15) is 4.79 Å². The van der Waals surface area contributed by atoms with Crippen molar-refractivity contribution in [3.05, 3.63) is 83.7 Å². The molecule has 2 heterocycles. The maximum Gasteiger partial charge on any atom is 0.257 e. The summed E-state index contributed by atoms with van der Waals surface area (Å²) in [6, 6.07) is 18.3. The van der Waals surface area contributed by atoms with Crippen LogP contribution in [0.2, 0.25) is 0 Å². The number of fused-ring (bicyclic) bond motifs is 1. The van der Waals surface area contributed by atoms with E-state index >= 15 is 0 Å². The van der Waals surface area contributed by atoms with E-state index in [-0.39, 0.29) is 12.1 Å². The van der Waals surface area contributed by atoms with E-state index in [4.69, 9.17) is 0 Å². The zero-order valence-electron chi connectivity index (χ0n) is 15.4. The van der Waals surface area contributed by atoms with Crippen molar-refractivity contribution in [2.45, 2.75) is 19.5 Å². The molecule has 0 fully saturated rings. The van der Waals surface area contributed by atoms with Gasteiger partial charge in [-0.25, -0.2) is 0 Å². The lowest BCUT2D eigenvalue weighted by Gasteiger charge is -2.41. The summed E-state index contributed by atoms with van der Waals surface area (Å²) in [6.07, 6.45) is 5.08. The smallest absolute Gasteiger partial charge is 0.257 e. The third-order valence-corrected chi connectivity index (χ3v) is 5.23. The van der Waals surface area contributed by atoms with Crippen molar-refractivity contribution in [3.8, 4) is 5.69 Å². The molecule has 1 aliphatic rings. The molecular weight excluding hydrogens is 322 g/mol. The average molecular weight is 345 g/mol. The number of nitrogens with zero attached hydrogens (tertiary/aromatic N) is 3. The van der Waals surface area contributed by atoms with Gasteiger partial charge in [-0.15, -0.1) is 0 Å². The molecule has 0 bridgehead atoms. The van der Waals surface area contributed by atoms with Gasteiger partial charge in [0.25, 0.3) is 5.91 Å². The second-order valence-electron chi connectivity index (χ2n) is 6.75. The van der Waals surface area contributed by atoms with Crippen LogP contribution in [0.25, 0.3) is 5.69 Å². The van der Waals surface area contributed by atoms with Gasteiger partial charge in [0.05, 0.1) is 11.3 Å². The molecule has 1 aliphatic heterocycles. The van der Waals surface area contributed by atoms with E-state index in [1.807, 2.05) is 43.3 Å². The second kappa shape index (κ2) is 6.37. The van der Waals surface area contributed by atoms with E-state index in [1.54, 1.807) is 0 Å². The summed E-state index contributed by atoms with van der Waals surface area (Å²) in [7, 11) is 3.92.